The largest absolute Gasteiger partial charge is 0.374 e. The van der Waals surface area contributed by atoms with E-state index in [0.717, 1.165) is 11.4 Å². The molecule has 0 amide bonds. The molecule has 3 heteroatoms. The molecule has 0 aliphatic rings. The first kappa shape index (κ1) is 10.7. The van der Waals surface area contributed by atoms with Crippen molar-refractivity contribution < 1.29 is 4.74 Å². The quantitative estimate of drug-likeness (QED) is 0.743. The average Bonchev–Trinajstić information content (AvgIpc) is 2.53. The summed E-state index contributed by atoms with van der Waals surface area (Å²) in [4.78, 5) is 5.70. The Hall–Kier alpha value is -0.410. The van der Waals surface area contributed by atoms with Crippen LogP contribution in [-0.4, -0.2) is 12.1 Å². The molecule has 0 aromatic carbocycles. The van der Waals surface area contributed by atoms with Crippen LogP contribution in [0.15, 0.2) is 6.20 Å². The Kier molecular flexibility index (Phi) is 3.88. The summed E-state index contributed by atoms with van der Waals surface area (Å²) in [5.74, 6) is 0.487. The van der Waals surface area contributed by atoms with Crippen molar-refractivity contribution in [3.05, 3.63) is 16.1 Å². The number of rotatable bonds is 4. The number of methoxy groups -OCH3 is 1. The third kappa shape index (κ3) is 2.51. The molecule has 1 aromatic heterocycles. The first-order valence-electron chi connectivity index (χ1n) is 4.66. The van der Waals surface area contributed by atoms with Gasteiger partial charge < -0.3 is 4.74 Å². The number of aromatic nitrogens is 1. The van der Waals surface area contributed by atoms with E-state index in [1.54, 1.807) is 18.4 Å². The summed E-state index contributed by atoms with van der Waals surface area (Å²) in [5.41, 5.74) is 0. The summed E-state index contributed by atoms with van der Waals surface area (Å²) in [6.45, 7) is 6.46. The molecule has 13 heavy (non-hydrogen) atoms. The second-order valence-electron chi connectivity index (χ2n) is 3.42. The fourth-order valence-electron chi connectivity index (χ4n) is 1.28. The molecule has 0 aliphatic heterocycles. The van der Waals surface area contributed by atoms with Gasteiger partial charge in [0, 0.05) is 18.2 Å². The van der Waals surface area contributed by atoms with Crippen LogP contribution in [0.25, 0.3) is 0 Å². The Morgan fingerprint density at radius 2 is 2.23 bits per heavy atom. The summed E-state index contributed by atoms with van der Waals surface area (Å²) < 4.78 is 5.40. The molecular formula is C10H17NOS. The van der Waals surface area contributed by atoms with Gasteiger partial charge in [-0.25, -0.2) is 4.98 Å². The first-order chi connectivity index (χ1) is 6.19. The first-order valence-corrected chi connectivity index (χ1v) is 5.48. The molecule has 0 saturated carbocycles. The van der Waals surface area contributed by atoms with Crippen molar-refractivity contribution >= 4 is 11.3 Å². The lowest BCUT2D eigenvalue weighted by molar-refractivity contribution is 0.0644. The zero-order chi connectivity index (χ0) is 9.84. The van der Waals surface area contributed by atoms with Crippen LogP contribution in [0, 0.1) is 5.92 Å². The van der Waals surface area contributed by atoms with E-state index in [9.17, 15) is 0 Å². The number of thiazole rings is 1. The van der Waals surface area contributed by atoms with Crippen LogP contribution in [0.1, 0.15) is 36.8 Å². The van der Waals surface area contributed by atoms with E-state index in [0.29, 0.717) is 5.92 Å². The van der Waals surface area contributed by atoms with Crippen molar-refractivity contribution in [1.82, 2.24) is 4.98 Å². The number of nitrogens with zero attached hydrogens (tertiary/aromatic N) is 1. The molecule has 74 valence electrons. The van der Waals surface area contributed by atoms with Crippen LogP contribution >= 0.6 is 11.3 Å². The van der Waals surface area contributed by atoms with Gasteiger partial charge in [-0.05, 0) is 12.3 Å². The van der Waals surface area contributed by atoms with Crippen molar-refractivity contribution in [3.63, 3.8) is 0 Å². The van der Waals surface area contributed by atoms with E-state index in [4.69, 9.17) is 4.74 Å². The molecule has 0 spiro atoms. The van der Waals surface area contributed by atoms with E-state index in [2.05, 4.69) is 25.8 Å². The van der Waals surface area contributed by atoms with Crippen LogP contribution in [0.2, 0.25) is 0 Å². The Labute approximate surface area is 84.0 Å². The van der Waals surface area contributed by atoms with Crippen molar-refractivity contribution in [1.29, 1.82) is 0 Å². The number of hydrogen-bond donors (Lipinski definition) is 0. The van der Waals surface area contributed by atoms with Gasteiger partial charge in [-0.3, -0.25) is 0 Å². The monoisotopic (exact) mass is 199 g/mol. The zero-order valence-corrected chi connectivity index (χ0v) is 9.52. The van der Waals surface area contributed by atoms with Gasteiger partial charge in [-0.15, -0.1) is 11.3 Å². The van der Waals surface area contributed by atoms with Gasteiger partial charge in [-0.1, -0.05) is 20.8 Å². The summed E-state index contributed by atoms with van der Waals surface area (Å²) in [6, 6.07) is 0. The molecule has 2 nitrogen and oxygen atoms in total. The molecule has 1 aromatic rings. The van der Waals surface area contributed by atoms with Crippen LogP contribution in [0.4, 0.5) is 0 Å². The minimum Gasteiger partial charge on any atom is -0.374 e. The summed E-state index contributed by atoms with van der Waals surface area (Å²) in [7, 11) is 1.75. The molecular weight excluding hydrogens is 182 g/mol. The summed E-state index contributed by atoms with van der Waals surface area (Å²) in [6.07, 6.45) is 3.17. The molecule has 1 atom stereocenters. The lowest BCUT2D eigenvalue weighted by atomic mass is 10.1. The minimum atomic E-state index is 0.158. The van der Waals surface area contributed by atoms with Crippen molar-refractivity contribution in [2.45, 2.75) is 33.3 Å². The summed E-state index contributed by atoms with van der Waals surface area (Å²) >= 11 is 1.76. The number of aryl methyl sites for hydroxylation is 1. The predicted octanol–water partition coefficient (Wildman–Crippen LogP) is 3.05. The molecule has 1 heterocycles. The number of hydrogen-bond acceptors (Lipinski definition) is 3. The Balaban J connectivity index is 2.79. The van der Waals surface area contributed by atoms with Gasteiger partial charge in [0.25, 0.3) is 0 Å². The molecule has 0 saturated heterocycles. The highest BCUT2D eigenvalue weighted by Gasteiger charge is 2.18. The smallest absolute Gasteiger partial charge is 0.122 e. The molecule has 0 aliphatic carbocycles. The van der Waals surface area contributed by atoms with Gasteiger partial charge in [0.05, 0.1) is 0 Å². The fraction of sp³-hybridized carbons (Fsp3) is 0.700. The normalized spacial score (nSPS) is 13.6. The predicted molar refractivity (Wildman–Crippen MR) is 56.1 cm³/mol. The van der Waals surface area contributed by atoms with Gasteiger partial charge >= 0.3 is 0 Å². The van der Waals surface area contributed by atoms with E-state index in [1.165, 1.54) is 4.88 Å². The molecule has 0 radical (unpaired) electrons. The van der Waals surface area contributed by atoms with Crippen molar-refractivity contribution in [3.8, 4) is 0 Å². The lowest BCUT2D eigenvalue weighted by Crippen LogP contribution is -2.08. The molecule has 1 rings (SSSR count). The van der Waals surface area contributed by atoms with Crippen LogP contribution in [0.3, 0.4) is 0 Å². The van der Waals surface area contributed by atoms with E-state index >= 15 is 0 Å². The Morgan fingerprint density at radius 3 is 2.62 bits per heavy atom. The minimum absolute atomic E-state index is 0.158. The highest BCUT2D eigenvalue weighted by molar-refractivity contribution is 7.11. The third-order valence-electron chi connectivity index (χ3n) is 2.02. The fourth-order valence-corrected chi connectivity index (χ4v) is 2.38. The van der Waals surface area contributed by atoms with Crippen LogP contribution in [-0.2, 0) is 11.2 Å². The van der Waals surface area contributed by atoms with E-state index < -0.39 is 0 Å². The van der Waals surface area contributed by atoms with Gasteiger partial charge in [0.15, 0.2) is 0 Å². The molecule has 0 fully saturated rings. The van der Waals surface area contributed by atoms with E-state index in [1.807, 2.05) is 6.20 Å². The molecule has 1 unspecified atom stereocenters. The van der Waals surface area contributed by atoms with Crippen molar-refractivity contribution in [2.75, 3.05) is 7.11 Å². The van der Waals surface area contributed by atoms with Crippen LogP contribution < -0.4 is 0 Å². The lowest BCUT2D eigenvalue weighted by Gasteiger charge is -2.15. The average molecular weight is 199 g/mol. The molecule has 0 N–H and O–H groups in total. The highest BCUT2D eigenvalue weighted by atomic mass is 32.1. The maximum absolute atomic E-state index is 5.40. The maximum atomic E-state index is 5.40. The SMILES string of the molecule is CCc1cnc(C(OC)C(C)C)s1. The standard InChI is InChI=1S/C10H17NOS/c1-5-8-6-11-10(13-8)9(12-4)7(2)3/h6-7,9H,5H2,1-4H3. The van der Waals surface area contributed by atoms with E-state index in [-0.39, 0.29) is 6.10 Å². The Bertz CT molecular complexity index is 257. The third-order valence-corrected chi connectivity index (χ3v) is 3.23. The molecule has 0 bridgehead atoms. The van der Waals surface area contributed by atoms with Gasteiger partial charge in [0.2, 0.25) is 0 Å². The van der Waals surface area contributed by atoms with Gasteiger partial charge in [-0.2, -0.15) is 0 Å². The second kappa shape index (κ2) is 4.72. The van der Waals surface area contributed by atoms with Crippen LogP contribution in [0.5, 0.6) is 0 Å². The number of ether oxygens (including phenoxy) is 1. The van der Waals surface area contributed by atoms with Gasteiger partial charge in [0.1, 0.15) is 11.1 Å². The zero-order valence-electron chi connectivity index (χ0n) is 8.70. The summed E-state index contributed by atoms with van der Waals surface area (Å²) in [5, 5.41) is 1.11. The Morgan fingerprint density at radius 1 is 1.54 bits per heavy atom. The maximum Gasteiger partial charge on any atom is 0.122 e. The topological polar surface area (TPSA) is 22.1 Å². The highest BCUT2D eigenvalue weighted by Crippen LogP contribution is 2.28. The van der Waals surface area contributed by atoms with Crippen molar-refractivity contribution in [2.24, 2.45) is 5.92 Å². The second-order valence-corrected chi connectivity index (χ2v) is 4.57.